The van der Waals surface area contributed by atoms with Gasteiger partial charge in [-0.2, -0.15) is 0 Å². The number of likely N-dealkylation sites (tertiary alicyclic amines) is 1. The molecule has 0 aromatic rings. The Morgan fingerprint density at radius 1 is 1.05 bits per heavy atom. The Morgan fingerprint density at radius 2 is 1.65 bits per heavy atom. The van der Waals surface area contributed by atoms with Crippen LogP contribution in [0.3, 0.4) is 0 Å². The Balaban J connectivity index is 1.93. The molecule has 2 aliphatic rings. The summed E-state index contributed by atoms with van der Waals surface area (Å²) in [6, 6.07) is 0. The summed E-state index contributed by atoms with van der Waals surface area (Å²) in [6.45, 7) is 10.6. The van der Waals surface area contributed by atoms with Crippen LogP contribution in [0, 0.1) is 11.3 Å². The van der Waals surface area contributed by atoms with Gasteiger partial charge in [0, 0.05) is 12.1 Å². The molecule has 0 aromatic heterocycles. The van der Waals surface area contributed by atoms with Crippen LogP contribution < -0.4 is 5.73 Å². The van der Waals surface area contributed by atoms with Crippen molar-refractivity contribution >= 4 is 0 Å². The zero-order valence-corrected chi connectivity index (χ0v) is 14.1. The van der Waals surface area contributed by atoms with E-state index in [9.17, 15) is 0 Å². The molecule has 1 aliphatic heterocycles. The van der Waals surface area contributed by atoms with Gasteiger partial charge in [-0.1, -0.05) is 40.0 Å². The Labute approximate surface area is 126 Å². The molecule has 1 saturated carbocycles. The van der Waals surface area contributed by atoms with Crippen LogP contribution in [-0.4, -0.2) is 30.1 Å². The van der Waals surface area contributed by atoms with Gasteiger partial charge in [-0.05, 0) is 62.9 Å². The van der Waals surface area contributed by atoms with Crippen molar-refractivity contribution in [2.75, 3.05) is 19.6 Å². The molecule has 2 fully saturated rings. The minimum atomic E-state index is 0.347. The molecular formula is C18H36N2. The van der Waals surface area contributed by atoms with Crippen LogP contribution >= 0.6 is 0 Å². The highest BCUT2D eigenvalue weighted by Crippen LogP contribution is 2.42. The molecule has 2 heteroatoms. The lowest BCUT2D eigenvalue weighted by Crippen LogP contribution is -2.58. The van der Waals surface area contributed by atoms with Crippen molar-refractivity contribution in [1.82, 2.24) is 4.90 Å². The second kappa shape index (κ2) is 6.79. The van der Waals surface area contributed by atoms with E-state index in [0.717, 1.165) is 12.5 Å². The summed E-state index contributed by atoms with van der Waals surface area (Å²) in [6.07, 6.45) is 12.3. The molecule has 0 bridgehead atoms. The maximum atomic E-state index is 6.25. The molecule has 0 unspecified atom stereocenters. The molecule has 0 spiro atoms. The summed E-state index contributed by atoms with van der Waals surface area (Å²) in [4.78, 5) is 2.77. The predicted octanol–water partition coefficient (Wildman–Crippen LogP) is 4.19. The Bertz CT molecular complexity index is 284. The van der Waals surface area contributed by atoms with E-state index < -0.39 is 0 Å². The average molecular weight is 280 g/mol. The van der Waals surface area contributed by atoms with Gasteiger partial charge >= 0.3 is 0 Å². The van der Waals surface area contributed by atoms with Gasteiger partial charge < -0.3 is 5.73 Å². The molecule has 1 heterocycles. The van der Waals surface area contributed by atoms with E-state index >= 15 is 0 Å². The predicted molar refractivity (Wildman–Crippen MR) is 87.9 cm³/mol. The van der Waals surface area contributed by atoms with Crippen LogP contribution in [0.25, 0.3) is 0 Å². The van der Waals surface area contributed by atoms with E-state index in [0.29, 0.717) is 11.0 Å². The molecule has 0 radical (unpaired) electrons. The van der Waals surface area contributed by atoms with E-state index in [4.69, 9.17) is 5.73 Å². The molecule has 0 aromatic carbocycles. The first kappa shape index (κ1) is 16.3. The third-order valence-corrected chi connectivity index (χ3v) is 6.61. The Kier molecular flexibility index (Phi) is 5.53. The quantitative estimate of drug-likeness (QED) is 0.818. The minimum Gasteiger partial charge on any atom is -0.329 e. The highest BCUT2D eigenvalue weighted by atomic mass is 15.2. The maximum Gasteiger partial charge on any atom is 0.0331 e. The number of hydrogen-bond acceptors (Lipinski definition) is 2. The van der Waals surface area contributed by atoms with Gasteiger partial charge in [0.25, 0.3) is 0 Å². The molecule has 20 heavy (non-hydrogen) atoms. The third kappa shape index (κ3) is 3.39. The van der Waals surface area contributed by atoms with Crippen LogP contribution in [0.15, 0.2) is 0 Å². The van der Waals surface area contributed by atoms with Gasteiger partial charge in [0.2, 0.25) is 0 Å². The Morgan fingerprint density at radius 3 is 2.10 bits per heavy atom. The van der Waals surface area contributed by atoms with Gasteiger partial charge in [-0.3, -0.25) is 4.90 Å². The number of rotatable bonds is 5. The molecule has 2 rings (SSSR count). The zero-order chi connectivity index (χ0) is 14.6. The van der Waals surface area contributed by atoms with E-state index in [1.54, 1.807) is 0 Å². The standard InChI is InChI=1S/C18H36N2/c1-4-6-16-7-9-18(15-19,10-8-16)20-13-11-17(3,5-2)12-14-20/h16H,4-15,19H2,1-3H3. The van der Waals surface area contributed by atoms with Gasteiger partial charge in [0.15, 0.2) is 0 Å². The second-order valence-electron chi connectivity index (χ2n) is 7.81. The van der Waals surface area contributed by atoms with Crippen molar-refractivity contribution < 1.29 is 0 Å². The largest absolute Gasteiger partial charge is 0.329 e. The number of nitrogens with two attached hydrogens (primary N) is 1. The van der Waals surface area contributed by atoms with Crippen molar-refractivity contribution in [2.24, 2.45) is 17.1 Å². The fourth-order valence-corrected chi connectivity index (χ4v) is 4.44. The van der Waals surface area contributed by atoms with Crippen LogP contribution in [0.5, 0.6) is 0 Å². The maximum absolute atomic E-state index is 6.25. The first-order valence-electron chi connectivity index (χ1n) is 9.02. The zero-order valence-electron chi connectivity index (χ0n) is 14.1. The summed E-state index contributed by atoms with van der Waals surface area (Å²) in [5, 5.41) is 0. The van der Waals surface area contributed by atoms with Crippen LogP contribution in [0.2, 0.25) is 0 Å². The molecular weight excluding hydrogens is 244 g/mol. The normalized spacial score (nSPS) is 35.1. The SMILES string of the molecule is CCCC1CCC(CN)(N2CCC(C)(CC)CC2)CC1. The molecule has 1 aliphatic carbocycles. The summed E-state index contributed by atoms with van der Waals surface area (Å²) in [7, 11) is 0. The van der Waals surface area contributed by atoms with Crippen molar-refractivity contribution in [2.45, 2.75) is 84.1 Å². The third-order valence-electron chi connectivity index (χ3n) is 6.61. The van der Waals surface area contributed by atoms with Crippen molar-refractivity contribution in [3.8, 4) is 0 Å². The van der Waals surface area contributed by atoms with E-state index in [2.05, 4.69) is 25.7 Å². The number of piperidine rings is 1. The molecule has 2 N–H and O–H groups in total. The smallest absolute Gasteiger partial charge is 0.0331 e. The van der Waals surface area contributed by atoms with E-state index in [1.165, 1.54) is 70.9 Å². The van der Waals surface area contributed by atoms with Gasteiger partial charge in [-0.25, -0.2) is 0 Å². The topological polar surface area (TPSA) is 29.3 Å². The summed E-state index contributed by atoms with van der Waals surface area (Å²) < 4.78 is 0. The molecule has 0 amide bonds. The fourth-order valence-electron chi connectivity index (χ4n) is 4.44. The summed E-state index contributed by atoms with van der Waals surface area (Å²) in [5.41, 5.74) is 7.18. The lowest BCUT2D eigenvalue weighted by atomic mass is 9.71. The summed E-state index contributed by atoms with van der Waals surface area (Å²) >= 11 is 0. The first-order chi connectivity index (χ1) is 9.57. The number of hydrogen-bond donors (Lipinski definition) is 1. The highest BCUT2D eigenvalue weighted by Gasteiger charge is 2.41. The fraction of sp³-hybridized carbons (Fsp3) is 1.00. The molecule has 118 valence electrons. The van der Waals surface area contributed by atoms with Crippen molar-refractivity contribution in [1.29, 1.82) is 0 Å². The Hall–Kier alpha value is -0.0800. The van der Waals surface area contributed by atoms with Crippen LogP contribution in [0.1, 0.15) is 78.6 Å². The minimum absolute atomic E-state index is 0.347. The molecule has 2 nitrogen and oxygen atoms in total. The molecule has 1 saturated heterocycles. The van der Waals surface area contributed by atoms with Crippen LogP contribution in [0.4, 0.5) is 0 Å². The van der Waals surface area contributed by atoms with Crippen molar-refractivity contribution in [3.05, 3.63) is 0 Å². The first-order valence-corrected chi connectivity index (χ1v) is 9.02. The average Bonchev–Trinajstić information content (AvgIpc) is 2.49. The van der Waals surface area contributed by atoms with Crippen LogP contribution in [-0.2, 0) is 0 Å². The highest BCUT2D eigenvalue weighted by molar-refractivity contribution is 4.98. The lowest BCUT2D eigenvalue weighted by Gasteiger charge is -2.52. The van der Waals surface area contributed by atoms with Gasteiger partial charge in [0.05, 0.1) is 0 Å². The van der Waals surface area contributed by atoms with E-state index in [-0.39, 0.29) is 0 Å². The second-order valence-corrected chi connectivity index (χ2v) is 7.81. The van der Waals surface area contributed by atoms with E-state index in [1.807, 2.05) is 0 Å². The lowest BCUT2D eigenvalue weighted by molar-refractivity contribution is -0.00578. The molecule has 0 atom stereocenters. The van der Waals surface area contributed by atoms with Gasteiger partial charge in [0.1, 0.15) is 0 Å². The van der Waals surface area contributed by atoms with Crippen molar-refractivity contribution in [3.63, 3.8) is 0 Å². The monoisotopic (exact) mass is 280 g/mol. The summed E-state index contributed by atoms with van der Waals surface area (Å²) in [5.74, 6) is 0.977. The number of nitrogens with zero attached hydrogens (tertiary/aromatic N) is 1. The van der Waals surface area contributed by atoms with Gasteiger partial charge in [-0.15, -0.1) is 0 Å².